The molecule has 76 valence electrons. The second-order valence-corrected chi connectivity index (χ2v) is 3.08. The zero-order valence-corrected chi connectivity index (χ0v) is 7.84. The Balaban J connectivity index is 2.26. The molecule has 0 unspecified atom stereocenters. The summed E-state index contributed by atoms with van der Waals surface area (Å²) in [6.45, 7) is 0. The molecule has 0 fully saturated rings. The topological polar surface area (TPSA) is 78.9 Å². The van der Waals surface area contributed by atoms with Gasteiger partial charge in [-0.15, -0.1) is 0 Å². The molecule has 2 aromatic heterocycles. The summed E-state index contributed by atoms with van der Waals surface area (Å²) in [5.41, 5.74) is 0.662. The van der Waals surface area contributed by atoms with Crippen molar-refractivity contribution in [2.45, 2.75) is 6.42 Å². The SMILES string of the molecule is O=c1ccnc(Cc2ccnc(O)c2)[nH]1. The Labute approximate surface area is 85.5 Å². The monoisotopic (exact) mass is 203 g/mol. The molecule has 0 aliphatic rings. The summed E-state index contributed by atoms with van der Waals surface area (Å²) >= 11 is 0. The van der Waals surface area contributed by atoms with Crippen molar-refractivity contribution >= 4 is 0 Å². The summed E-state index contributed by atoms with van der Waals surface area (Å²) < 4.78 is 0. The van der Waals surface area contributed by atoms with Gasteiger partial charge in [-0.2, -0.15) is 0 Å². The van der Waals surface area contributed by atoms with Gasteiger partial charge in [-0.05, 0) is 11.6 Å². The maximum Gasteiger partial charge on any atom is 0.250 e. The van der Waals surface area contributed by atoms with E-state index >= 15 is 0 Å². The van der Waals surface area contributed by atoms with E-state index in [-0.39, 0.29) is 11.4 Å². The van der Waals surface area contributed by atoms with E-state index in [1.165, 1.54) is 24.5 Å². The number of hydrogen-bond acceptors (Lipinski definition) is 4. The minimum absolute atomic E-state index is 0.0363. The van der Waals surface area contributed by atoms with E-state index in [2.05, 4.69) is 15.0 Å². The van der Waals surface area contributed by atoms with Crippen LogP contribution in [-0.2, 0) is 6.42 Å². The Morgan fingerprint density at radius 1 is 1.27 bits per heavy atom. The molecule has 15 heavy (non-hydrogen) atoms. The van der Waals surface area contributed by atoms with Crippen molar-refractivity contribution in [2.24, 2.45) is 0 Å². The smallest absolute Gasteiger partial charge is 0.250 e. The molecule has 0 spiro atoms. The summed E-state index contributed by atoms with van der Waals surface area (Å²) in [6, 6.07) is 4.65. The van der Waals surface area contributed by atoms with Gasteiger partial charge < -0.3 is 10.1 Å². The lowest BCUT2D eigenvalue weighted by atomic mass is 10.2. The van der Waals surface area contributed by atoms with Gasteiger partial charge in [0, 0.05) is 30.9 Å². The molecule has 0 aromatic carbocycles. The lowest BCUT2D eigenvalue weighted by molar-refractivity contribution is 0.452. The number of hydrogen-bond donors (Lipinski definition) is 2. The number of rotatable bonds is 2. The summed E-state index contributed by atoms with van der Waals surface area (Å²) in [6.07, 6.45) is 3.42. The quantitative estimate of drug-likeness (QED) is 0.743. The first-order valence-electron chi connectivity index (χ1n) is 4.42. The van der Waals surface area contributed by atoms with E-state index < -0.39 is 0 Å². The zero-order valence-electron chi connectivity index (χ0n) is 7.84. The van der Waals surface area contributed by atoms with Gasteiger partial charge in [-0.25, -0.2) is 9.97 Å². The average Bonchev–Trinajstić information content (AvgIpc) is 2.17. The Hall–Kier alpha value is -2.17. The second-order valence-electron chi connectivity index (χ2n) is 3.08. The first kappa shape index (κ1) is 9.39. The molecule has 2 N–H and O–H groups in total. The predicted molar refractivity (Wildman–Crippen MR) is 53.6 cm³/mol. The van der Waals surface area contributed by atoms with E-state index in [9.17, 15) is 4.79 Å². The molecular weight excluding hydrogens is 194 g/mol. The number of aromatic amines is 1. The van der Waals surface area contributed by atoms with Gasteiger partial charge in [-0.3, -0.25) is 4.79 Å². The fourth-order valence-corrected chi connectivity index (χ4v) is 1.26. The molecule has 0 radical (unpaired) electrons. The third-order valence-corrected chi connectivity index (χ3v) is 1.91. The summed E-state index contributed by atoms with van der Waals surface area (Å²) in [4.78, 5) is 21.3. The van der Waals surface area contributed by atoms with Crippen molar-refractivity contribution in [2.75, 3.05) is 0 Å². The minimum Gasteiger partial charge on any atom is -0.493 e. The number of aromatic hydroxyl groups is 1. The number of nitrogens with one attached hydrogen (secondary N) is 1. The molecule has 2 rings (SSSR count). The van der Waals surface area contributed by atoms with Gasteiger partial charge in [0.1, 0.15) is 5.82 Å². The summed E-state index contributed by atoms with van der Waals surface area (Å²) in [5, 5.41) is 9.14. The van der Waals surface area contributed by atoms with Crippen LogP contribution in [0.4, 0.5) is 0 Å². The molecule has 0 amide bonds. The van der Waals surface area contributed by atoms with Gasteiger partial charge in [0.2, 0.25) is 5.88 Å². The van der Waals surface area contributed by atoms with Gasteiger partial charge in [0.15, 0.2) is 0 Å². The van der Waals surface area contributed by atoms with Crippen molar-refractivity contribution in [3.63, 3.8) is 0 Å². The molecule has 5 heteroatoms. The highest BCUT2D eigenvalue weighted by Gasteiger charge is 1.99. The first-order valence-corrected chi connectivity index (χ1v) is 4.42. The normalized spacial score (nSPS) is 10.1. The van der Waals surface area contributed by atoms with Crippen LogP contribution in [0.1, 0.15) is 11.4 Å². The van der Waals surface area contributed by atoms with Gasteiger partial charge in [0.25, 0.3) is 5.56 Å². The fraction of sp³-hybridized carbons (Fsp3) is 0.100. The molecule has 0 aliphatic carbocycles. The van der Waals surface area contributed by atoms with Crippen molar-refractivity contribution < 1.29 is 5.11 Å². The van der Waals surface area contributed by atoms with E-state index in [0.717, 1.165) is 5.56 Å². The van der Waals surface area contributed by atoms with Crippen LogP contribution in [0.25, 0.3) is 0 Å². The standard InChI is InChI=1S/C10H9N3O2/c14-9-2-4-11-8(13-9)5-7-1-3-12-10(15)6-7/h1-4,6H,5H2,(H,12,15)(H,11,13,14). The Morgan fingerprint density at radius 3 is 2.80 bits per heavy atom. The Morgan fingerprint density at radius 2 is 2.07 bits per heavy atom. The summed E-state index contributed by atoms with van der Waals surface area (Å²) in [5.74, 6) is 0.527. The van der Waals surface area contributed by atoms with Gasteiger partial charge >= 0.3 is 0 Å². The molecule has 0 saturated heterocycles. The second kappa shape index (κ2) is 3.91. The molecule has 2 heterocycles. The van der Waals surface area contributed by atoms with Crippen LogP contribution in [0.5, 0.6) is 5.88 Å². The maximum absolute atomic E-state index is 11.0. The lowest BCUT2D eigenvalue weighted by Crippen LogP contribution is -2.09. The number of nitrogens with zero attached hydrogens (tertiary/aromatic N) is 2. The Bertz CT molecular complexity index is 522. The zero-order chi connectivity index (χ0) is 10.7. The van der Waals surface area contributed by atoms with Crippen molar-refractivity contribution in [3.05, 3.63) is 52.3 Å². The minimum atomic E-state index is -0.182. The maximum atomic E-state index is 11.0. The molecule has 0 saturated carbocycles. The van der Waals surface area contributed by atoms with E-state index in [4.69, 9.17) is 5.11 Å². The van der Waals surface area contributed by atoms with Crippen molar-refractivity contribution in [1.29, 1.82) is 0 Å². The average molecular weight is 203 g/mol. The molecular formula is C10H9N3O2. The molecule has 0 atom stereocenters. The van der Waals surface area contributed by atoms with Crippen LogP contribution in [-0.4, -0.2) is 20.1 Å². The number of aromatic nitrogens is 3. The van der Waals surface area contributed by atoms with Crippen molar-refractivity contribution in [3.8, 4) is 5.88 Å². The highest BCUT2D eigenvalue weighted by molar-refractivity contribution is 5.22. The Kier molecular flexibility index (Phi) is 2.45. The molecule has 2 aromatic rings. The highest BCUT2D eigenvalue weighted by Crippen LogP contribution is 2.09. The first-order chi connectivity index (χ1) is 7.24. The van der Waals surface area contributed by atoms with E-state index in [0.29, 0.717) is 12.2 Å². The van der Waals surface area contributed by atoms with Crippen LogP contribution in [0, 0.1) is 0 Å². The largest absolute Gasteiger partial charge is 0.493 e. The third kappa shape index (κ3) is 2.40. The van der Waals surface area contributed by atoms with Crippen LogP contribution in [0.3, 0.4) is 0 Å². The fourth-order valence-electron chi connectivity index (χ4n) is 1.26. The highest BCUT2D eigenvalue weighted by atomic mass is 16.3. The van der Waals surface area contributed by atoms with E-state index in [1.807, 2.05) is 0 Å². The number of H-pyrrole nitrogens is 1. The lowest BCUT2D eigenvalue weighted by Gasteiger charge is -2.00. The molecule has 0 aliphatic heterocycles. The van der Waals surface area contributed by atoms with Gasteiger partial charge in [0.05, 0.1) is 0 Å². The predicted octanol–water partition coefficient (Wildman–Crippen LogP) is 0.461. The third-order valence-electron chi connectivity index (χ3n) is 1.91. The van der Waals surface area contributed by atoms with Crippen LogP contribution >= 0.6 is 0 Å². The van der Waals surface area contributed by atoms with E-state index in [1.54, 1.807) is 6.07 Å². The molecule has 0 bridgehead atoms. The van der Waals surface area contributed by atoms with Crippen molar-refractivity contribution in [1.82, 2.24) is 15.0 Å². The van der Waals surface area contributed by atoms with Crippen LogP contribution in [0.15, 0.2) is 35.4 Å². The van der Waals surface area contributed by atoms with Gasteiger partial charge in [-0.1, -0.05) is 0 Å². The number of pyridine rings is 1. The summed E-state index contributed by atoms with van der Waals surface area (Å²) in [7, 11) is 0. The molecule has 5 nitrogen and oxygen atoms in total. The van der Waals surface area contributed by atoms with Crippen LogP contribution < -0.4 is 5.56 Å². The van der Waals surface area contributed by atoms with Crippen LogP contribution in [0.2, 0.25) is 0 Å².